The van der Waals surface area contributed by atoms with Gasteiger partial charge in [-0.05, 0) is 55.2 Å². The standard InChI is InChI=1S/C23H28N2O4S/c1-29-21-12-10-18(11-13-21)22-9-3-2-4-14-24(22)23(26)19-7-5-8-20(17-19)25-15-6-16-30(25,27)28/h5,7-8,10-13,17,22H,2-4,6,9,14-16H2,1H3/t22-/m0/s1. The molecule has 1 amide bonds. The molecule has 2 saturated heterocycles. The summed E-state index contributed by atoms with van der Waals surface area (Å²) in [5.41, 5.74) is 2.22. The first-order chi connectivity index (χ1) is 14.5. The molecule has 0 radical (unpaired) electrons. The Morgan fingerprint density at radius 3 is 2.50 bits per heavy atom. The van der Waals surface area contributed by atoms with E-state index in [1.165, 1.54) is 4.31 Å². The second kappa shape index (κ2) is 8.68. The quantitative estimate of drug-likeness (QED) is 0.738. The Bertz CT molecular complexity index is 1000. The zero-order valence-electron chi connectivity index (χ0n) is 17.3. The van der Waals surface area contributed by atoms with E-state index in [4.69, 9.17) is 4.74 Å². The zero-order valence-corrected chi connectivity index (χ0v) is 18.1. The van der Waals surface area contributed by atoms with Gasteiger partial charge in [0.15, 0.2) is 0 Å². The second-order valence-electron chi connectivity index (χ2n) is 7.93. The number of benzene rings is 2. The molecule has 0 bridgehead atoms. The Morgan fingerprint density at radius 2 is 1.80 bits per heavy atom. The minimum atomic E-state index is -3.28. The fourth-order valence-corrected chi connectivity index (χ4v) is 5.97. The summed E-state index contributed by atoms with van der Waals surface area (Å²) in [5, 5.41) is 0. The lowest BCUT2D eigenvalue weighted by atomic mass is 9.99. The third kappa shape index (κ3) is 4.17. The molecule has 2 aliphatic heterocycles. The van der Waals surface area contributed by atoms with Crippen molar-refractivity contribution < 1.29 is 17.9 Å². The molecule has 2 fully saturated rings. The summed E-state index contributed by atoms with van der Waals surface area (Å²) in [6.07, 6.45) is 4.68. The number of ether oxygens (including phenoxy) is 1. The maximum absolute atomic E-state index is 13.5. The number of sulfonamides is 1. The molecule has 1 atom stereocenters. The molecule has 2 heterocycles. The predicted octanol–water partition coefficient (Wildman–Crippen LogP) is 3.99. The molecule has 7 heteroatoms. The van der Waals surface area contributed by atoms with Crippen LogP contribution in [0.4, 0.5) is 5.69 Å². The molecule has 2 aromatic rings. The highest BCUT2D eigenvalue weighted by molar-refractivity contribution is 7.93. The lowest BCUT2D eigenvalue weighted by Crippen LogP contribution is -2.35. The van der Waals surface area contributed by atoms with Gasteiger partial charge in [-0.25, -0.2) is 8.42 Å². The number of hydrogen-bond donors (Lipinski definition) is 0. The van der Waals surface area contributed by atoms with Crippen molar-refractivity contribution in [3.05, 3.63) is 59.7 Å². The number of likely N-dealkylation sites (tertiary alicyclic amines) is 1. The Morgan fingerprint density at radius 1 is 1.00 bits per heavy atom. The van der Waals surface area contributed by atoms with Gasteiger partial charge >= 0.3 is 0 Å². The van der Waals surface area contributed by atoms with E-state index in [9.17, 15) is 13.2 Å². The van der Waals surface area contributed by atoms with Crippen molar-refractivity contribution >= 4 is 21.6 Å². The van der Waals surface area contributed by atoms with Crippen molar-refractivity contribution in [1.82, 2.24) is 4.90 Å². The molecule has 0 aromatic heterocycles. The predicted molar refractivity (Wildman–Crippen MR) is 117 cm³/mol. The Hall–Kier alpha value is -2.54. The third-order valence-electron chi connectivity index (χ3n) is 5.99. The number of rotatable bonds is 4. The minimum absolute atomic E-state index is 0.00471. The second-order valence-corrected chi connectivity index (χ2v) is 9.94. The molecule has 30 heavy (non-hydrogen) atoms. The van der Waals surface area contributed by atoms with Gasteiger partial charge in [-0.2, -0.15) is 0 Å². The van der Waals surface area contributed by atoms with Gasteiger partial charge < -0.3 is 9.64 Å². The maximum Gasteiger partial charge on any atom is 0.254 e. The van der Waals surface area contributed by atoms with Gasteiger partial charge in [0.05, 0.1) is 24.6 Å². The van der Waals surface area contributed by atoms with Crippen molar-refractivity contribution in [3.8, 4) is 5.75 Å². The molecule has 6 nitrogen and oxygen atoms in total. The number of methoxy groups -OCH3 is 1. The highest BCUT2D eigenvalue weighted by Gasteiger charge is 2.31. The van der Waals surface area contributed by atoms with E-state index >= 15 is 0 Å². The van der Waals surface area contributed by atoms with Crippen LogP contribution in [-0.4, -0.2) is 45.2 Å². The van der Waals surface area contributed by atoms with Gasteiger partial charge in [0, 0.05) is 18.7 Å². The van der Waals surface area contributed by atoms with Crippen LogP contribution in [0.1, 0.15) is 54.1 Å². The van der Waals surface area contributed by atoms with E-state index in [0.29, 0.717) is 30.8 Å². The SMILES string of the molecule is COc1ccc([C@@H]2CCCCCN2C(=O)c2cccc(N3CCCS3(=O)=O)c2)cc1. The lowest BCUT2D eigenvalue weighted by molar-refractivity contribution is 0.0681. The van der Waals surface area contributed by atoms with Gasteiger partial charge in [-0.15, -0.1) is 0 Å². The first kappa shape index (κ1) is 20.7. The highest BCUT2D eigenvalue weighted by atomic mass is 32.2. The average Bonchev–Trinajstić information content (AvgIpc) is 2.97. The van der Waals surface area contributed by atoms with Crippen LogP contribution in [0.3, 0.4) is 0 Å². The van der Waals surface area contributed by atoms with Crippen molar-refractivity contribution in [2.45, 2.75) is 38.1 Å². The maximum atomic E-state index is 13.5. The smallest absolute Gasteiger partial charge is 0.254 e. The molecule has 0 aliphatic carbocycles. The summed E-state index contributed by atoms with van der Waals surface area (Å²) < 4.78 is 31.3. The number of hydrogen-bond acceptors (Lipinski definition) is 4. The molecule has 0 unspecified atom stereocenters. The largest absolute Gasteiger partial charge is 0.497 e. The number of anilines is 1. The van der Waals surface area contributed by atoms with Crippen LogP contribution in [0, 0.1) is 0 Å². The van der Waals surface area contributed by atoms with Crippen LogP contribution in [-0.2, 0) is 10.0 Å². The fourth-order valence-electron chi connectivity index (χ4n) is 4.41. The van der Waals surface area contributed by atoms with Crippen molar-refractivity contribution in [2.75, 3.05) is 30.3 Å². The first-order valence-corrected chi connectivity index (χ1v) is 12.2. The summed E-state index contributed by atoms with van der Waals surface area (Å²) in [6.45, 7) is 1.17. The van der Waals surface area contributed by atoms with Crippen LogP contribution in [0.2, 0.25) is 0 Å². The van der Waals surface area contributed by atoms with Crippen LogP contribution in [0.15, 0.2) is 48.5 Å². The van der Waals surface area contributed by atoms with Gasteiger partial charge in [0.2, 0.25) is 10.0 Å². The summed E-state index contributed by atoms with van der Waals surface area (Å²) in [4.78, 5) is 15.5. The van der Waals surface area contributed by atoms with E-state index < -0.39 is 10.0 Å². The Labute approximate surface area is 178 Å². The number of nitrogens with zero attached hydrogens (tertiary/aromatic N) is 2. The average molecular weight is 429 g/mol. The van der Waals surface area contributed by atoms with Crippen LogP contribution < -0.4 is 9.04 Å². The molecule has 2 aromatic carbocycles. The van der Waals surface area contributed by atoms with E-state index in [-0.39, 0.29) is 17.7 Å². The van der Waals surface area contributed by atoms with Crippen molar-refractivity contribution in [1.29, 1.82) is 0 Å². The van der Waals surface area contributed by atoms with E-state index in [1.807, 2.05) is 29.2 Å². The fraction of sp³-hybridized carbons (Fsp3) is 0.435. The number of carbonyl (C=O) groups is 1. The minimum Gasteiger partial charge on any atom is -0.497 e. The van der Waals surface area contributed by atoms with Gasteiger partial charge in [-0.3, -0.25) is 9.10 Å². The van der Waals surface area contributed by atoms with E-state index in [2.05, 4.69) is 0 Å². The summed E-state index contributed by atoms with van der Waals surface area (Å²) in [7, 11) is -1.63. The lowest BCUT2D eigenvalue weighted by Gasteiger charge is -2.31. The number of amides is 1. The van der Waals surface area contributed by atoms with Crippen molar-refractivity contribution in [3.63, 3.8) is 0 Å². The molecule has 0 N–H and O–H groups in total. The normalized spacial score (nSPS) is 21.3. The van der Waals surface area contributed by atoms with Crippen molar-refractivity contribution in [2.24, 2.45) is 0 Å². The molecule has 2 aliphatic rings. The molecule has 160 valence electrons. The highest BCUT2D eigenvalue weighted by Crippen LogP contribution is 2.33. The summed E-state index contributed by atoms with van der Waals surface area (Å²) >= 11 is 0. The molecule has 0 spiro atoms. The van der Waals surface area contributed by atoms with E-state index in [0.717, 1.165) is 37.0 Å². The Kier molecular flexibility index (Phi) is 5.99. The first-order valence-electron chi connectivity index (χ1n) is 10.5. The third-order valence-corrected chi connectivity index (χ3v) is 7.86. The van der Waals surface area contributed by atoms with E-state index in [1.54, 1.807) is 31.4 Å². The van der Waals surface area contributed by atoms with Gasteiger partial charge in [0.25, 0.3) is 5.91 Å². The monoisotopic (exact) mass is 428 g/mol. The number of carbonyl (C=O) groups excluding carboxylic acids is 1. The Balaban J connectivity index is 1.63. The van der Waals surface area contributed by atoms with Crippen LogP contribution >= 0.6 is 0 Å². The van der Waals surface area contributed by atoms with Gasteiger partial charge in [0.1, 0.15) is 5.75 Å². The van der Waals surface area contributed by atoms with Crippen LogP contribution in [0.5, 0.6) is 5.75 Å². The van der Waals surface area contributed by atoms with Crippen LogP contribution in [0.25, 0.3) is 0 Å². The summed E-state index contributed by atoms with van der Waals surface area (Å²) in [5.74, 6) is 0.914. The molecular formula is C23H28N2O4S. The topological polar surface area (TPSA) is 66.9 Å². The zero-order chi connectivity index (χ0) is 21.1. The molecule has 0 saturated carbocycles. The van der Waals surface area contributed by atoms with Gasteiger partial charge in [-0.1, -0.05) is 31.0 Å². The molecule has 4 rings (SSSR count). The summed E-state index contributed by atoms with van der Waals surface area (Å²) in [6, 6.07) is 15.0. The molecular weight excluding hydrogens is 400 g/mol.